The third-order valence-electron chi connectivity index (χ3n) is 4.25. The van der Waals surface area contributed by atoms with E-state index < -0.39 is 5.54 Å². The number of nitrogens with two attached hydrogens (primary N) is 1. The van der Waals surface area contributed by atoms with E-state index in [1.165, 1.54) is 4.90 Å². The van der Waals surface area contributed by atoms with Gasteiger partial charge in [0.1, 0.15) is 5.54 Å². The number of carbonyl (C=O) groups excluding carboxylic acids is 2. The summed E-state index contributed by atoms with van der Waals surface area (Å²) in [7, 11) is 0. The predicted octanol–water partition coefficient (Wildman–Crippen LogP) is 0.834. The Morgan fingerprint density at radius 3 is 2.71 bits per heavy atom. The number of imide groups is 1. The zero-order valence-electron chi connectivity index (χ0n) is 10.5. The fraction of sp³-hybridized carbons (Fsp3) is 0.833. The van der Waals surface area contributed by atoms with Gasteiger partial charge in [-0.25, -0.2) is 4.79 Å². The molecule has 5 heteroatoms. The normalized spacial score (nSPS) is 37.7. The molecule has 3 unspecified atom stereocenters. The van der Waals surface area contributed by atoms with E-state index in [4.69, 9.17) is 5.73 Å². The second-order valence-corrected chi connectivity index (χ2v) is 5.29. The van der Waals surface area contributed by atoms with Crippen LogP contribution in [0.25, 0.3) is 0 Å². The molecule has 1 aliphatic heterocycles. The lowest BCUT2D eigenvalue weighted by molar-refractivity contribution is -0.132. The molecule has 1 saturated heterocycles. The summed E-state index contributed by atoms with van der Waals surface area (Å²) in [5.41, 5.74) is 4.99. The van der Waals surface area contributed by atoms with E-state index in [1.807, 2.05) is 6.92 Å². The Hall–Kier alpha value is -1.10. The topological polar surface area (TPSA) is 75.4 Å². The SMILES string of the molecule is CCC1(C)NC(=O)N(C2CCCC2CN)C1=O. The molecule has 3 N–H and O–H groups in total. The Labute approximate surface area is 102 Å². The summed E-state index contributed by atoms with van der Waals surface area (Å²) in [5.74, 6) is 0.180. The maximum atomic E-state index is 12.3. The van der Waals surface area contributed by atoms with Gasteiger partial charge in [0, 0.05) is 6.04 Å². The molecule has 0 aromatic heterocycles. The molecule has 17 heavy (non-hydrogen) atoms. The van der Waals surface area contributed by atoms with Crippen LogP contribution in [0.5, 0.6) is 0 Å². The fourth-order valence-corrected chi connectivity index (χ4v) is 2.88. The van der Waals surface area contributed by atoms with E-state index in [0.29, 0.717) is 13.0 Å². The third-order valence-corrected chi connectivity index (χ3v) is 4.25. The van der Waals surface area contributed by atoms with Crippen LogP contribution in [0.4, 0.5) is 4.79 Å². The zero-order valence-corrected chi connectivity index (χ0v) is 10.5. The van der Waals surface area contributed by atoms with Crippen molar-refractivity contribution in [3.8, 4) is 0 Å². The van der Waals surface area contributed by atoms with Gasteiger partial charge in [0.05, 0.1) is 0 Å². The molecular weight excluding hydrogens is 218 g/mol. The van der Waals surface area contributed by atoms with Crippen LogP contribution < -0.4 is 11.1 Å². The highest BCUT2D eigenvalue weighted by Crippen LogP contribution is 2.33. The molecule has 5 nitrogen and oxygen atoms in total. The first-order chi connectivity index (χ1) is 8.03. The Balaban J connectivity index is 2.22. The number of carbonyl (C=O) groups is 2. The van der Waals surface area contributed by atoms with Crippen molar-refractivity contribution in [2.75, 3.05) is 6.54 Å². The molecule has 0 bridgehead atoms. The van der Waals surface area contributed by atoms with Crippen LogP contribution in [-0.2, 0) is 4.79 Å². The van der Waals surface area contributed by atoms with Crippen LogP contribution in [0, 0.1) is 5.92 Å². The molecule has 1 heterocycles. The monoisotopic (exact) mass is 239 g/mol. The van der Waals surface area contributed by atoms with Crippen molar-refractivity contribution in [2.24, 2.45) is 11.7 Å². The Kier molecular flexibility index (Phi) is 3.12. The van der Waals surface area contributed by atoms with Crippen LogP contribution in [0.2, 0.25) is 0 Å². The number of hydrogen-bond donors (Lipinski definition) is 2. The first-order valence-corrected chi connectivity index (χ1v) is 6.39. The second kappa shape index (κ2) is 4.29. The molecule has 0 aromatic carbocycles. The number of nitrogens with zero attached hydrogens (tertiary/aromatic N) is 1. The summed E-state index contributed by atoms with van der Waals surface area (Å²) in [6, 6.07) is -0.245. The smallest absolute Gasteiger partial charge is 0.325 e. The average molecular weight is 239 g/mol. The lowest BCUT2D eigenvalue weighted by Crippen LogP contribution is -2.46. The summed E-state index contributed by atoms with van der Waals surface area (Å²) < 4.78 is 0. The molecule has 2 fully saturated rings. The molecule has 0 radical (unpaired) electrons. The standard InChI is InChI=1S/C12H21N3O2/c1-3-12(2)10(16)15(11(17)14-12)9-6-4-5-8(9)7-13/h8-9H,3-7,13H2,1-2H3,(H,14,17). The van der Waals surface area contributed by atoms with Crippen molar-refractivity contribution >= 4 is 11.9 Å². The molecular formula is C12H21N3O2. The van der Waals surface area contributed by atoms with Crippen LogP contribution >= 0.6 is 0 Å². The van der Waals surface area contributed by atoms with E-state index in [2.05, 4.69) is 5.32 Å². The largest absolute Gasteiger partial charge is 0.330 e. The van der Waals surface area contributed by atoms with Crippen molar-refractivity contribution in [1.29, 1.82) is 0 Å². The number of urea groups is 1. The maximum absolute atomic E-state index is 12.3. The summed E-state index contributed by atoms with van der Waals surface area (Å²) in [5, 5.41) is 2.80. The first kappa shape index (κ1) is 12.4. The molecule has 3 amide bonds. The van der Waals surface area contributed by atoms with E-state index in [-0.39, 0.29) is 23.9 Å². The van der Waals surface area contributed by atoms with Gasteiger partial charge in [0.2, 0.25) is 0 Å². The van der Waals surface area contributed by atoms with Crippen molar-refractivity contribution in [2.45, 2.75) is 51.1 Å². The summed E-state index contributed by atoms with van der Waals surface area (Å²) in [4.78, 5) is 25.7. The van der Waals surface area contributed by atoms with Gasteiger partial charge < -0.3 is 11.1 Å². The average Bonchev–Trinajstić information content (AvgIpc) is 2.84. The minimum Gasteiger partial charge on any atom is -0.330 e. The zero-order chi connectivity index (χ0) is 12.6. The van der Waals surface area contributed by atoms with Crippen LogP contribution in [0.3, 0.4) is 0 Å². The van der Waals surface area contributed by atoms with Gasteiger partial charge in [-0.05, 0) is 38.6 Å². The van der Waals surface area contributed by atoms with Crippen LogP contribution in [0.15, 0.2) is 0 Å². The van der Waals surface area contributed by atoms with Crippen molar-refractivity contribution < 1.29 is 9.59 Å². The van der Waals surface area contributed by atoms with Crippen LogP contribution in [-0.4, -0.2) is 35.0 Å². The molecule has 3 atom stereocenters. The highest BCUT2D eigenvalue weighted by molar-refractivity contribution is 6.07. The summed E-state index contributed by atoms with van der Waals surface area (Å²) >= 11 is 0. The van der Waals surface area contributed by atoms with Gasteiger partial charge in [-0.3, -0.25) is 9.69 Å². The van der Waals surface area contributed by atoms with Crippen molar-refractivity contribution in [3.05, 3.63) is 0 Å². The van der Waals surface area contributed by atoms with Crippen LogP contribution in [0.1, 0.15) is 39.5 Å². The van der Waals surface area contributed by atoms with E-state index >= 15 is 0 Å². The third kappa shape index (κ3) is 1.82. The molecule has 1 aliphatic carbocycles. The number of nitrogens with one attached hydrogen (secondary N) is 1. The minimum absolute atomic E-state index is 0.000810. The molecule has 2 rings (SSSR count). The predicted molar refractivity (Wildman–Crippen MR) is 64.3 cm³/mol. The Morgan fingerprint density at radius 2 is 2.18 bits per heavy atom. The molecule has 96 valence electrons. The number of hydrogen-bond acceptors (Lipinski definition) is 3. The highest BCUT2D eigenvalue weighted by Gasteiger charge is 2.51. The lowest BCUT2D eigenvalue weighted by Gasteiger charge is -2.27. The minimum atomic E-state index is -0.723. The second-order valence-electron chi connectivity index (χ2n) is 5.29. The van der Waals surface area contributed by atoms with E-state index in [9.17, 15) is 9.59 Å². The van der Waals surface area contributed by atoms with Crippen molar-refractivity contribution in [1.82, 2.24) is 10.2 Å². The lowest BCUT2D eigenvalue weighted by atomic mass is 9.97. The van der Waals surface area contributed by atoms with Gasteiger partial charge >= 0.3 is 6.03 Å². The van der Waals surface area contributed by atoms with Crippen molar-refractivity contribution in [3.63, 3.8) is 0 Å². The quantitative estimate of drug-likeness (QED) is 0.716. The first-order valence-electron chi connectivity index (χ1n) is 6.39. The maximum Gasteiger partial charge on any atom is 0.325 e. The van der Waals surface area contributed by atoms with Gasteiger partial charge in [0.25, 0.3) is 5.91 Å². The van der Waals surface area contributed by atoms with E-state index in [1.54, 1.807) is 6.92 Å². The molecule has 2 aliphatic rings. The number of amides is 3. The molecule has 1 saturated carbocycles. The summed E-state index contributed by atoms with van der Waals surface area (Å²) in [6.07, 6.45) is 3.57. The van der Waals surface area contributed by atoms with Gasteiger partial charge in [-0.2, -0.15) is 0 Å². The highest BCUT2D eigenvalue weighted by atomic mass is 16.2. The van der Waals surface area contributed by atoms with Gasteiger partial charge in [-0.1, -0.05) is 13.3 Å². The Bertz CT molecular complexity index is 345. The van der Waals surface area contributed by atoms with E-state index in [0.717, 1.165) is 19.3 Å². The fourth-order valence-electron chi connectivity index (χ4n) is 2.88. The Morgan fingerprint density at radius 1 is 1.47 bits per heavy atom. The summed E-state index contributed by atoms with van der Waals surface area (Å²) in [6.45, 7) is 4.25. The number of rotatable bonds is 3. The van der Waals surface area contributed by atoms with Gasteiger partial charge in [0.15, 0.2) is 0 Å². The molecule has 0 spiro atoms. The molecule has 0 aromatic rings. The van der Waals surface area contributed by atoms with Gasteiger partial charge in [-0.15, -0.1) is 0 Å².